The van der Waals surface area contributed by atoms with E-state index in [1.807, 2.05) is 17.8 Å². The summed E-state index contributed by atoms with van der Waals surface area (Å²) in [5.74, 6) is 2.30. The Morgan fingerprint density at radius 2 is 2.50 bits per heavy atom. The van der Waals surface area contributed by atoms with Gasteiger partial charge in [-0.25, -0.2) is 0 Å². The van der Waals surface area contributed by atoms with Crippen LogP contribution < -0.4 is 5.32 Å². The zero-order chi connectivity index (χ0) is 11.1. The van der Waals surface area contributed by atoms with Gasteiger partial charge in [0.05, 0.1) is 18.6 Å². The Hall–Kier alpha value is -0.450. The summed E-state index contributed by atoms with van der Waals surface area (Å²) in [5, 5.41) is 3.39. The molecule has 0 aromatic carbocycles. The summed E-state index contributed by atoms with van der Waals surface area (Å²) in [4.78, 5) is 0. The molecule has 1 atom stereocenters. The van der Waals surface area contributed by atoms with Gasteiger partial charge in [-0.1, -0.05) is 0 Å². The van der Waals surface area contributed by atoms with Crippen molar-refractivity contribution in [2.24, 2.45) is 0 Å². The Bertz CT molecular complexity index is 271. The zero-order valence-corrected chi connectivity index (χ0v) is 10.3. The number of furan rings is 1. The third-order valence-electron chi connectivity index (χ3n) is 2.66. The molecule has 1 saturated heterocycles. The Kier molecular flexibility index (Phi) is 5.25. The first-order chi connectivity index (χ1) is 7.95. The van der Waals surface area contributed by atoms with Crippen molar-refractivity contribution in [1.29, 1.82) is 0 Å². The van der Waals surface area contributed by atoms with Crippen LogP contribution in [0.15, 0.2) is 23.0 Å². The average Bonchev–Trinajstić information content (AvgIpc) is 2.96. The molecule has 1 aromatic rings. The minimum Gasteiger partial charge on any atom is -0.472 e. The van der Waals surface area contributed by atoms with Crippen molar-refractivity contribution in [3.8, 4) is 0 Å². The molecule has 0 aliphatic carbocycles. The Labute approximate surface area is 101 Å². The molecule has 16 heavy (non-hydrogen) atoms. The molecule has 0 spiro atoms. The Morgan fingerprint density at radius 3 is 3.25 bits per heavy atom. The first-order valence-electron chi connectivity index (χ1n) is 5.86. The number of nitrogens with one attached hydrogen (secondary N) is 1. The first kappa shape index (κ1) is 12.0. The molecule has 0 amide bonds. The van der Waals surface area contributed by atoms with Gasteiger partial charge in [0.15, 0.2) is 0 Å². The lowest BCUT2D eigenvalue weighted by Gasteiger charge is -2.08. The summed E-state index contributed by atoms with van der Waals surface area (Å²) in [6, 6.07) is 1.99. The second-order valence-corrected chi connectivity index (χ2v) is 5.17. The molecule has 3 nitrogen and oxygen atoms in total. The Balaban J connectivity index is 1.43. The summed E-state index contributed by atoms with van der Waals surface area (Å²) in [7, 11) is 0. The van der Waals surface area contributed by atoms with Crippen molar-refractivity contribution in [2.45, 2.75) is 25.5 Å². The van der Waals surface area contributed by atoms with E-state index in [0.29, 0.717) is 6.10 Å². The average molecular weight is 241 g/mol. The zero-order valence-electron chi connectivity index (χ0n) is 9.48. The maximum atomic E-state index is 5.56. The number of ether oxygens (including phenoxy) is 1. The van der Waals surface area contributed by atoms with Crippen molar-refractivity contribution in [3.63, 3.8) is 0 Å². The predicted molar refractivity (Wildman–Crippen MR) is 66.7 cm³/mol. The van der Waals surface area contributed by atoms with Crippen LogP contribution >= 0.6 is 11.8 Å². The third-order valence-corrected chi connectivity index (χ3v) is 3.76. The van der Waals surface area contributed by atoms with Crippen LogP contribution in [0.1, 0.15) is 18.4 Å². The number of hydrogen-bond acceptors (Lipinski definition) is 4. The fourth-order valence-electron chi connectivity index (χ4n) is 1.76. The number of rotatable bonds is 7. The molecule has 1 aliphatic heterocycles. The van der Waals surface area contributed by atoms with Gasteiger partial charge in [0.1, 0.15) is 0 Å². The summed E-state index contributed by atoms with van der Waals surface area (Å²) in [6.45, 7) is 2.91. The molecule has 0 radical (unpaired) electrons. The summed E-state index contributed by atoms with van der Waals surface area (Å²) in [5.41, 5.74) is 1.21. The van der Waals surface area contributed by atoms with Crippen LogP contribution in [0, 0.1) is 0 Å². The quantitative estimate of drug-likeness (QED) is 0.743. The van der Waals surface area contributed by atoms with E-state index in [4.69, 9.17) is 9.15 Å². The van der Waals surface area contributed by atoms with E-state index in [2.05, 4.69) is 5.32 Å². The van der Waals surface area contributed by atoms with Gasteiger partial charge < -0.3 is 14.5 Å². The molecule has 1 N–H and O–H groups in total. The second kappa shape index (κ2) is 6.99. The van der Waals surface area contributed by atoms with E-state index in [-0.39, 0.29) is 0 Å². The van der Waals surface area contributed by atoms with Crippen LogP contribution in [0.25, 0.3) is 0 Å². The van der Waals surface area contributed by atoms with E-state index in [1.54, 1.807) is 12.5 Å². The van der Waals surface area contributed by atoms with Gasteiger partial charge in [-0.05, 0) is 18.9 Å². The fourth-order valence-corrected chi connectivity index (χ4v) is 2.74. The van der Waals surface area contributed by atoms with Crippen LogP contribution in [-0.4, -0.2) is 30.8 Å². The largest absolute Gasteiger partial charge is 0.472 e. The molecule has 2 heterocycles. The maximum absolute atomic E-state index is 5.56. The molecule has 1 unspecified atom stereocenters. The van der Waals surface area contributed by atoms with E-state index >= 15 is 0 Å². The lowest BCUT2D eigenvalue weighted by Crippen LogP contribution is -2.17. The third kappa shape index (κ3) is 4.20. The summed E-state index contributed by atoms with van der Waals surface area (Å²) in [6.07, 6.45) is 6.49. The molecule has 2 rings (SSSR count). The van der Waals surface area contributed by atoms with Crippen LogP contribution in [-0.2, 0) is 11.3 Å². The number of hydrogen-bond donors (Lipinski definition) is 1. The van der Waals surface area contributed by atoms with Gasteiger partial charge in [-0.15, -0.1) is 0 Å². The standard InChI is InChI=1S/C12H19NO2S/c1-2-12(15-5-1)10-16-7-4-13-8-11-3-6-14-9-11/h3,6,9,12-13H,1-2,4-5,7-8,10H2. The van der Waals surface area contributed by atoms with Gasteiger partial charge in [0.2, 0.25) is 0 Å². The SMILES string of the molecule is c1cc(CNCCSCC2CCCO2)co1. The van der Waals surface area contributed by atoms with Gasteiger partial charge >= 0.3 is 0 Å². The van der Waals surface area contributed by atoms with Crippen LogP contribution in [0.2, 0.25) is 0 Å². The normalized spacial score (nSPS) is 20.4. The molecule has 0 bridgehead atoms. The van der Waals surface area contributed by atoms with E-state index in [1.165, 1.54) is 18.4 Å². The van der Waals surface area contributed by atoms with Crippen LogP contribution in [0.3, 0.4) is 0 Å². The minimum absolute atomic E-state index is 0.513. The monoisotopic (exact) mass is 241 g/mol. The van der Waals surface area contributed by atoms with Crippen LogP contribution in [0.4, 0.5) is 0 Å². The van der Waals surface area contributed by atoms with E-state index < -0.39 is 0 Å². The van der Waals surface area contributed by atoms with Gasteiger partial charge in [-0.3, -0.25) is 0 Å². The van der Waals surface area contributed by atoms with Crippen molar-refractivity contribution in [2.75, 3.05) is 24.7 Å². The summed E-state index contributed by atoms with van der Waals surface area (Å²) < 4.78 is 10.6. The predicted octanol–water partition coefficient (Wildman–Crippen LogP) is 2.28. The highest BCUT2D eigenvalue weighted by atomic mass is 32.2. The molecule has 0 saturated carbocycles. The van der Waals surface area contributed by atoms with Gasteiger partial charge in [0, 0.05) is 36.8 Å². The second-order valence-electron chi connectivity index (χ2n) is 4.02. The highest BCUT2D eigenvalue weighted by Gasteiger charge is 2.14. The Morgan fingerprint density at radius 1 is 1.50 bits per heavy atom. The maximum Gasteiger partial charge on any atom is 0.0947 e. The van der Waals surface area contributed by atoms with Crippen molar-refractivity contribution >= 4 is 11.8 Å². The number of thioether (sulfide) groups is 1. The first-order valence-corrected chi connectivity index (χ1v) is 7.02. The molecule has 1 aliphatic rings. The molecular weight excluding hydrogens is 222 g/mol. The van der Waals surface area contributed by atoms with E-state index in [9.17, 15) is 0 Å². The smallest absolute Gasteiger partial charge is 0.0947 e. The molecule has 90 valence electrons. The molecule has 1 fully saturated rings. The van der Waals surface area contributed by atoms with Crippen molar-refractivity contribution in [3.05, 3.63) is 24.2 Å². The van der Waals surface area contributed by atoms with Crippen molar-refractivity contribution < 1.29 is 9.15 Å². The van der Waals surface area contributed by atoms with Gasteiger partial charge in [-0.2, -0.15) is 11.8 Å². The highest BCUT2D eigenvalue weighted by molar-refractivity contribution is 7.99. The van der Waals surface area contributed by atoms with Crippen LogP contribution in [0.5, 0.6) is 0 Å². The molecule has 4 heteroatoms. The lowest BCUT2D eigenvalue weighted by atomic mass is 10.3. The lowest BCUT2D eigenvalue weighted by molar-refractivity contribution is 0.129. The summed E-state index contributed by atoms with van der Waals surface area (Å²) >= 11 is 1.98. The molecule has 1 aromatic heterocycles. The topological polar surface area (TPSA) is 34.4 Å². The minimum atomic E-state index is 0.513. The molecular formula is C12H19NO2S. The van der Waals surface area contributed by atoms with Crippen molar-refractivity contribution in [1.82, 2.24) is 5.32 Å². The van der Waals surface area contributed by atoms with Gasteiger partial charge in [0.25, 0.3) is 0 Å². The fraction of sp³-hybridized carbons (Fsp3) is 0.667. The highest BCUT2D eigenvalue weighted by Crippen LogP contribution is 2.16. The van der Waals surface area contributed by atoms with E-state index in [0.717, 1.165) is 31.2 Å².